The molecule has 2 heterocycles. The third kappa shape index (κ3) is 2.16. The molecule has 0 fully saturated rings. The normalized spacial score (nSPS) is 9.20. The molecule has 3 nitrogen and oxygen atoms in total. The first-order valence-electron chi connectivity index (χ1n) is 5.21. The molecule has 0 saturated carbocycles. The van der Waals surface area contributed by atoms with Gasteiger partial charge in [-0.25, -0.2) is 4.52 Å². The SMILES string of the molecule is CC.CCc1cnn2cc(C#N)ccc12. The average molecular weight is 201 g/mol. The highest BCUT2D eigenvalue weighted by Gasteiger charge is 2.01. The summed E-state index contributed by atoms with van der Waals surface area (Å²) in [4.78, 5) is 0. The second-order valence-electron chi connectivity index (χ2n) is 2.88. The molecule has 0 aromatic carbocycles. The second kappa shape index (κ2) is 5.16. The molecule has 0 aliphatic carbocycles. The number of nitrogens with zero attached hydrogens (tertiary/aromatic N) is 3. The van der Waals surface area contributed by atoms with Gasteiger partial charge in [0.2, 0.25) is 0 Å². The van der Waals surface area contributed by atoms with Crippen molar-refractivity contribution in [3.05, 3.63) is 35.7 Å². The lowest BCUT2D eigenvalue weighted by Gasteiger charge is -1.94. The van der Waals surface area contributed by atoms with Crippen LogP contribution < -0.4 is 0 Å². The van der Waals surface area contributed by atoms with Crippen LogP contribution in [0.1, 0.15) is 31.9 Å². The number of hydrogen-bond donors (Lipinski definition) is 0. The molecule has 0 radical (unpaired) electrons. The van der Waals surface area contributed by atoms with Gasteiger partial charge in [0.25, 0.3) is 0 Å². The van der Waals surface area contributed by atoms with Gasteiger partial charge in [-0.05, 0) is 24.1 Å². The van der Waals surface area contributed by atoms with E-state index < -0.39 is 0 Å². The van der Waals surface area contributed by atoms with Crippen LogP contribution in [-0.4, -0.2) is 9.61 Å². The molecule has 0 spiro atoms. The standard InChI is InChI=1S/C10H9N3.C2H6/c1-2-9-6-12-13-7-8(5-11)3-4-10(9)13;1-2/h3-4,6-7H,2H2,1H3;1-2H3. The number of fused-ring (bicyclic) bond motifs is 1. The van der Waals surface area contributed by atoms with Crippen LogP contribution in [0.15, 0.2) is 24.5 Å². The molecule has 0 bridgehead atoms. The van der Waals surface area contributed by atoms with Crippen molar-refractivity contribution >= 4 is 5.52 Å². The second-order valence-corrected chi connectivity index (χ2v) is 2.88. The number of hydrogen-bond acceptors (Lipinski definition) is 2. The monoisotopic (exact) mass is 201 g/mol. The smallest absolute Gasteiger partial charge is 0.101 e. The van der Waals surface area contributed by atoms with Crippen molar-refractivity contribution in [2.75, 3.05) is 0 Å². The molecule has 2 rings (SSSR count). The zero-order valence-electron chi connectivity index (χ0n) is 9.36. The summed E-state index contributed by atoms with van der Waals surface area (Å²) in [5, 5.41) is 12.8. The summed E-state index contributed by atoms with van der Waals surface area (Å²) in [6.45, 7) is 6.09. The van der Waals surface area contributed by atoms with Crippen molar-refractivity contribution in [3.63, 3.8) is 0 Å². The Morgan fingerprint density at radius 3 is 2.73 bits per heavy atom. The van der Waals surface area contributed by atoms with Gasteiger partial charge in [0.05, 0.1) is 17.3 Å². The maximum Gasteiger partial charge on any atom is 0.101 e. The summed E-state index contributed by atoms with van der Waals surface area (Å²) in [6, 6.07) is 5.84. The molecule has 15 heavy (non-hydrogen) atoms. The van der Waals surface area contributed by atoms with Gasteiger partial charge in [0.1, 0.15) is 6.07 Å². The van der Waals surface area contributed by atoms with Gasteiger partial charge in [-0.1, -0.05) is 20.8 Å². The Bertz CT molecular complexity index is 477. The molecule has 0 unspecified atom stereocenters. The topological polar surface area (TPSA) is 41.1 Å². The Morgan fingerprint density at radius 2 is 2.13 bits per heavy atom. The molecule has 0 atom stereocenters. The van der Waals surface area contributed by atoms with Gasteiger partial charge in [-0.2, -0.15) is 10.4 Å². The van der Waals surface area contributed by atoms with Crippen molar-refractivity contribution in [3.8, 4) is 6.07 Å². The zero-order chi connectivity index (χ0) is 11.3. The fourth-order valence-electron chi connectivity index (χ4n) is 1.38. The summed E-state index contributed by atoms with van der Waals surface area (Å²) in [7, 11) is 0. The van der Waals surface area contributed by atoms with Gasteiger partial charge in [0, 0.05) is 6.20 Å². The first-order chi connectivity index (χ1) is 7.35. The van der Waals surface area contributed by atoms with Gasteiger partial charge >= 0.3 is 0 Å². The molecular formula is C12H15N3. The van der Waals surface area contributed by atoms with Crippen LogP contribution in [0.3, 0.4) is 0 Å². The van der Waals surface area contributed by atoms with Crippen LogP contribution in [-0.2, 0) is 6.42 Å². The minimum Gasteiger partial charge on any atom is -0.239 e. The van der Waals surface area contributed by atoms with Crippen LogP contribution in [0.5, 0.6) is 0 Å². The number of nitriles is 1. The van der Waals surface area contributed by atoms with E-state index in [9.17, 15) is 0 Å². The zero-order valence-corrected chi connectivity index (χ0v) is 9.36. The fraction of sp³-hybridized carbons (Fsp3) is 0.333. The lowest BCUT2D eigenvalue weighted by molar-refractivity contribution is 0.957. The average Bonchev–Trinajstić information content (AvgIpc) is 2.73. The first kappa shape index (κ1) is 11.3. The van der Waals surface area contributed by atoms with Gasteiger partial charge < -0.3 is 0 Å². The van der Waals surface area contributed by atoms with Crippen LogP contribution >= 0.6 is 0 Å². The molecule has 78 valence electrons. The largest absolute Gasteiger partial charge is 0.239 e. The quantitative estimate of drug-likeness (QED) is 0.711. The minimum absolute atomic E-state index is 0.637. The lowest BCUT2D eigenvalue weighted by atomic mass is 10.2. The Kier molecular flexibility index (Phi) is 3.87. The van der Waals surface area contributed by atoms with Crippen LogP contribution in [0, 0.1) is 11.3 Å². The number of rotatable bonds is 1. The van der Waals surface area contributed by atoms with Crippen molar-refractivity contribution in [2.24, 2.45) is 0 Å². The lowest BCUT2D eigenvalue weighted by Crippen LogP contribution is -1.88. The van der Waals surface area contributed by atoms with E-state index in [1.807, 2.05) is 32.2 Å². The van der Waals surface area contributed by atoms with Crippen LogP contribution in [0.2, 0.25) is 0 Å². The molecule has 3 heteroatoms. The summed E-state index contributed by atoms with van der Waals surface area (Å²) in [5.74, 6) is 0. The van der Waals surface area contributed by atoms with Crippen molar-refractivity contribution in [1.29, 1.82) is 5.26 Å². The summed E-state index contributed by atoms with van der Waals surface area (Å²) < 4.78 is 1.75. The van der Waals surface area contributed by atoms with E-state index in [-0.39, 0.29) is 0 Å². The van der Waals surface area contributed by atoms with Crippen molar-refractivity contribution in [1.82, 2.24) is 9.61 Å². The van der Waals surface area contributed by atoms with E-state index in [4.69, 9.17) is 5.26 Å². The number of aromatic nitrogens is 2. The summed E-state index contributed by atoms with van der Waals surface area (Å²) in [6.07, 6.45) is 4.56. The molecule has 2 aromatic heterocycles. The van der Waals surface area contributed by atoms with E-state index >= 15 is 0 Å². The van der Waals surface area contributed by atoms with Crippen LogP contribution in [0.25, 0.3) is 5.52 Å². The van der Waals surface area contributed by atoms with E-state index in [0.717, 1.165) is 11.9 Å². The van der Waals surface area contributed by atoms with E-state index in [0.29, 0.717) is 5.56 Å². The molecule has 0 N–H and O–H groups in total. The molecule has 0 aliphatic heterocycles. The van der Waals surface area contributed by atoms with Crippen molar-refractivity contribution in [2.45, 2.75) is 27.2 Å². The predicted octanol–water partition coefficient (Wildman–Crippen LogP) is 2.79. The van der Waals surface area contributed by atoms with Gasteiger partial charge in [-0.3, -0.25) is 0 Å². The molecular weight excluding hydrogens is 186 g/mol. The van der Waals surface area contributed by atoms with E-state index in [2.05, 4.69) is 18.1 Å². The maximum atomic E-state index is 8.67. The van der Waals surface area contributed by atoms with Crippen LogP contribution in [0.4, 0.5) is 0 Å². The Labute approximate surface area is 90.0 Å². The highest BCUT2D eigenvalue weighted by Crippen LogP contribution is 2.11. The highest BCUT2D eigenvalue weighted by molar-refractivity contribution is 5.55. The summed E-state index contributed by atoms with van der Waals surface area (Å²) in [5.41, 5.74) is 2.93. The highest BCUT2D eigenvalue weighted by atomic mass is 15.2. The summed E-state index contributed by atoms with van der Waals surface area (Å²) >= 11 is 0. The first-order valence-corrected chi connectivity index (χ1v) is 5.21. The third-order valence-corrected chi connectivity index (χ3v) is 2.11. The minimum atomic E-state index is 0.637. The Morgan fingerprint density at radius 1 is 1.40 bits per heavy atom. The van der Waals surface area contributed by atoms with Gasteiger partial charge in [0.15, 0.2) is 0 Å². The van der Waals surface area contributed by atoms with Crippen molar-refractivity contribution < 1.29 is 0 Å². The number of aryl methyl sites for hydroxylation is 1. The molecule has 0 amide bonds. The maximum absolute atomic E-state index is 8.67. The van der Waals surface area contributed by atoms with E-state index in [1.54, 1.807) is 10.7 Å². The van der Waals surface area contributed by atoms with E-state index in [1.165, 1.54) is 5.56 Å². The molecule has 0 saturated heterocycles. The number of pyridine rings is 1. The fourth-order valence-corrected chi connectivity index (χ4v) is 1.38. The molecule has 0 aliphatic rings. The van der Waals surface area contributed by atoms with Gasteiger partial charge in [-0.15, -0.1) is 0 Å². The molecule has 2 aromatic rings. The Balaban J connectivity index is 0.000000531. The Hall–Kier alpha value is -1.82. The third-order valence-electron chi connectivity index (χ3n) is 2.11. The predicted molar refractivity (Wildman–Crippen MR) is 60.6 cm³/mol.